The van der Waals surface area contributed by atoms with Crippen molar-refractivity contribution < 1.29 is 23.8 Å². The maximum Gasteiger partial charge on any atom is 0.322 e. The number of fused-ring (bicyclic) bond motifs is 1. The van der Waals surface area contributed by atoms with Crippen LogP contribution in [0.5, 0.6) is 11.5 Å². The van der Waals surface area contributed by atoms with Crippen LogP contribution in [0.4, 0.5) is 21.9 Å². The average Bonchev–Trinajstić information content (AvgIpc) is 3.39. The second-order valence-corrected chi connectivity index (χ2v) is 10.4. The van der Waals surface area contributed by atoms with Crippen molar-refractivity contribution in [2.45, 2.75) is 19.4 Å². The summed E-state index contributed by atoms with van der Waals surface area (Å²) < 4.78 is 16.7. The van der Waals surface area contributed by atoms with E-state index in [0.29, 0.717) is 54.9 Å². The Labute approximate surface area is 237 Å². The van der Waals surface area contributed by atoms with Crippen LogP contribution < -0.4 is 25.8 Å². The maximum absolute atomic E-state index is 13.4. The standard InChI is InChI=1S/C28H34N6O5S/c29-22-18-40-19-24(22)32-27(35)23-5-3-20(16-30-23)17-34(8-2-1-7-33-9-11-37-12-10-33)28(36)31-21-4-6-25-26(15-21)39-14-13-38-25/h3-6,15-16,18-19H,1-2,7-14,17,29H2,(H,31,36)(H,32,35). The first-order valence-electron chi connectivity index (χ1n) is 13.4. The molecule has 0 radical (unpaired) electrons. The molecule has 0 aliphatic carbocycles. The summed E-state index contributed by atoms with van der Waals surface area (Å²) in [5.41, 5.74) is 8.67. The number of nitrogens with one attached hydrogen (secondary N) is 2. The molecule has 4 heterocycles. The maximum atomic E-state index is 13.4. The van der Waals surface area contributed by atoms with Crippen molar-refractivity contribution in [3.8, 4) is 11.5 Å². The smallest absolute Gasteiger partial charge is 0.322 e. The van der Waals surface area contributed by atoms with Gasteiger partial charge < -0.3 is 35.5 Å². The second-order valence-electron chi connectivity index (χ2n) is 9.62. The van der Waals surface area contributed by atoms with Crippen LogP contribution in [0, 0.1) is 0 Å². The molecule has 12 heteroatoms. The molecule has 2 aromatic heterocycles. The van der Waals surface area contributed by atoms with Gasteiger partial charge in [0.25, 0.3) is 5.91 Å². The van der Waals surface area contributed by atoms with Crippen molar-refractivity contribution in [3.05, 3.63) is 58.5 Å². The summed E-state index contributed by atoms with van der Waals surface area (Å²) in [7, 11) is 0. The van der Waals surface area contributed by atoms with Crippen LogP contribution in [-0.4, -0.2) is 79.3 Å². The molecule has 3 aromatic rings. The third kappa shape index (κ3) is 7.40. The van der Waals surface area contributed by atoms with Crippen molar-refractivity contribution >= 4 is 40.3 Å². The van der Waals surface area contributed by atoms with Crippen molar-refractivity contribution in [2.75, 3.05) is 69.0 Å². The van der Waals surface area contributed by atoms with Gasteiger partial charge >= 0.3 is 6.03 Å². The number of aromatic nitrogens is 1. The zero-order valence-corrected chi connectivity index (χ0v) is 23.1. The molecule has 3 amide bonds. The summed E-state index contributed by atoms with van der Waals surface area (Å²) in [5, 5.41) is 9.30. The molecule has 0 saturated carbocycles. The predicted octanol–water partition coefficient (Wildman–Crippen LogP) is 3.90. The second kappa shape index (κ2) is 13.5. The number of urea groups is 1. The molecule has 0 atom stereocenters. The number of nitrogens with two attached hydrogens (primary N) is 1. The minimum absolute atomic E-state index is 0.224. The van der Waals surface area contributed by atoms with Gasteiger partial charge in [-0.2, -0.15) is 0 Å². The van der Waals surface area contributed by atoms with E-state index in [4.69, 9.17) is 19.9 Å². The van der Waals surface area contributed by atoms with Crippen molar-refractivity contribution in [1.82, 2.24) is 14.8 Å². The number of ether oxygens (including phenoxy) is 3. The Morgan fingerprint density at radius 3 is 2.58 bits per heavy atom. The van der Waals surface area contributed by atoms with Crippen molar-refractivity contribution in [3.63, 3.8) is 0 Å². The lowest BCUT2D eigenvalue weighted by atomic mass is 10.2. The summed E-state index contributed by atoms with van der Waals surface area (Å²) in [6.45, 7) is 6.30. The van der Waals surface area contributed by atoms with Crippen LogP contribution in [0.1, 0.15) is 28.9 Å². The molecule has 4 N–H and O–H groups in total. The normalized spacial score (nSPS) is 14.9. The van der Waals surface area contributed by atoms with Gasteiger partial charge in [-0.1, -0.05) is 6.07 Å². The minimum atomic E-state index is -0.340. The molecular weight excluding hydrogens is 532 g/mol. The number of rotatable bonds is 10. The van der Waals surface area contributed by atoms with Gasteiger partial charge in [-0.15, -0.1) is 11.3 Å². The fraction of sp³-hybridized carbons (Fsp3) is 0.393. The van der Waals surface area contributed by atoms with Gasteiger partial charge in [0.2, 0.25) is 0 Å². The minimum Gasteiger partial charge on any atom is -0.486 e. The number of hydrogen-bond acceptors (Lipinski definition) is 9. The topological polar surface area (TPSA) is 131 Å². The molecule has 1 aromatic carbocycles. The number of carbonyl (C=O) groups excluding carboxylic acids is 2. The lowest BCUT2D eigenvalue weighted by Gasteiger charge is -2.27. The molecule has 0 bridgehead atoms. The van der Waals surface area contributed by atoms with Crippen molar-refractivity contribution in [1.29, 1.82) is 0 Å². The summed E-state index contributed by atoms with van der Waals surface area (Å²) in [4.78, 5) is 34.5. The molecule has 0 unspecified atom stereocenters. The van der Waals surface area contributed by atoms with E-state index in [-0.39, 0.29) is 17.6 Å². The highest BCUT2D eigenvalue weighted by Crippen LogP contribution is 2.32. The largest absolute Gasteiger partial charge is 0.486 e. The number of unbranched alkanes of at least 4 members (excludes halogenated alkanes) is 1. The highest BCUT2D eigenvalue weighted by atomic mass is 32.1. The van der Waals surface area contributed by atoms with Crippen LogP contribution in [-0.2, 0) is 11.3 Å². The van der Waals surface area contributed by atoms with Gasteiger partial charge in [0, 0.05) is 54.9 Å². The van der Waals surface area contributed by atoms with E-state index in [2.05, 4.69) is 20.5 Å². The van der Waals surface area contributed by atoms with Crippen LogP contribution in [0.2, 0.25) is 0 Å². The molecule has 5 rings (SSSR count). The fourth-order valence-electron chi connectivity index (χ4n) is 4.51. The molecule has 2 aliphatic heterocycles. The third-order valence-corrected chi connectivity index (χ3v) is 7.47. The number of amides is 3. The van der Waals surface area contributed by atoms with E-state index in [1.807, 2.05) is 6.07 Å². The Bertz CT molecular complexity index is 1290. The monoisotopic (exact) mass is 566 g/mol. The highest BCUT2D eigenvalue weighted by Gasteiger charge is 2.18. The average molecular weight is 567 g/mol. The van der Waals surface area contributed by atoms with E-state index in [9.17, 15) is 9.59 Å². The lowest BCUT2D eigenvalue weighted by Crippen LogP contribution is -2.38. The molecular formula is C28H34N6O5S. The predicted molar refractivity (Wildman–Crippen MR) is 154 cm³/mol. The number of nitrogen functional groups attached to an aromatic ring is 1. The number of carbonyl (C=O) groups is 2. The summed E-state index contributed by atoms with van der Waals surface area (Å²) in [5.74, 6) is 0.942. The lowest BCUT2D eigenvalue weighted by molar-refractivity contribution is 0.0370. The van der Waals surface area contributed by atoms with Gasteiger partial charge in [0.05, 0.1) is 24.6 Å². The number of nitrogens with zero attached hydrogens (tertiary/aromatic N) is 3. The van der Waals surface area contributed by atoms with Crippen LogP contribution in [0.15, 0.2) is 47.3 Å². The van der Waals surface area contributed by atoms with Gasteiger partial charge in [-0.05, 0) is 43.1 Å². The number of morpholine rings is 1. The van der Waals surface area contributed by atoms with E-state index in [1.54, 1.807) is 46.1 Å². The number of pyridine rings is 1. The Balaban J connectivity index is 1.22. The molecule has 40 heavy (non-hydrogen) atoms. The van der Waals surface area contributed by atoms with Crippen LogP contribution >= 0.6 is 11.3 Å². The van der Waals surface area contributed by atoms with E-state index >= 15 is 0 Å². The summed E-state index contributed by atoms with van der Waals surface area (Å²) in [6, 6.07) is 8.63. The fourth-order valence-corrected chi connectivity index (χ4v) is 5.18. The van der Waals surface area contributed by atoms with Crippen LogP contribution in [0.25, 0.3) is 0 Å². The van der Waals surface area contributed by atoms with Crippen LogP contribution in [0.3, 0.4) is 0 Å². The summed E-state index contributed by atoms with van der Waals surface area (Å²) in [6.07, 6.45) is 3.45. The van der Waals surface area contributed by atoms with E-state index < -0.39 is 0 Å². The van der Waals surface area contributed by atoms with Gasteiger partial charge in [-0.25, -0.2) is 4.79 Å². The Kier molecular flexibility index (Phi) is 9.32. The highest BCUT2D eigenvalue weighted by molar-refractivity contribution is 7.09. The van der Waals surface area contributed by atoms with Gasteiger partial charge in [0.1, 0.15) is 18.9 Å². The van der Waals surface area contributed by atoms with E-state index in [0.717, 1.165) is 51.3 Å². The molecule has 2 aliphatic rings. The molecule has 1 fully saturated rings. The van der Waals surface area contributed by atoms with E-state index in [1.165, 1.54) is 11.3 Å². The quantitative estimate of drug-likeness (QED) is 0.315. The zero-order chi connectivity index (χ0) is 27.7. The molecule has 212 valence electrons. The zero-order valence-electron chi connectivity index (χ0n) is 22.3. The first-order valence-corrected chi connectivity index (χ1v) is 14.3. The Hall–Kier alpha value is -3.87. The van der Waals surface area contributed by atoms with Gasteiger partial charge in [-0.3, -0.25) is 14.7 Å². The number of thiophene rings is 1. The number of anilines is 3. The third-order valence-electron chi connectivity index (χ3n) is 6.71. The molecule has 11 nitrogen and oxygen atoms in total. The number of benzene rings is 1. The Morgan fingerprint density at radius 2 is 1.82 bits per heavy atom. The molecule has 0 spiro atoms. The van der Waals surface area contributed by atoms with Crippen molar-refractivity contribution in [2.24, 2.45) is 0 Å². The SMILES string of the molecule is Nc1cscc1NC(=O)c1ccc(CN(CCCCN2CCOCC2)C(=O)Nc2ccc3c(c2)OCCO3)cn1. The Morgan fingerprint density at radius 1 is 1.00 bits per heavy atom. The van der Waals surface area contributed by atoms with Gasteiger partial charge in [0.15, 0.2) is 11.5 Å². The first kappa shape index (κ1) is 27.7. The molecule has 1 saturated heterocycles. The number of hydrogen-bond donors (Lipinski definition) is 3. The summed E-state index contributed by atoms with van der Waals surface area (Å²) >= 11 is 1.41. The first-order chi connectivity index (χ1) is 19.5.